The Hall–Kier alpha value is -2.40. The van der Waals surface area contributed by atoms with Crippen molar-refractivity contribution in [3.05, 3.63) is 83.6 Å². The van der Waals surface area contributed by atoms with Crippen molar-refractivity contribution in [2.24, 2.45) is 0 Å². The highest BCUT2D eigenvalue weighted by atomic mass is 16.5. The standard InChI is InChI=1S/C23H26N2O2/c1-2-6-19(7-3-1)23-11-10-22(27-23)17-24-16-20-8-4-5-9-21(20)18-25-12-14-26-15-13-25/h1-11,24H,12-18H2. The first kappa shape index (κ1) is 18.0. The Morgan fingerprint density at radius 2 is 1.52 bits per heavy atom. The molecule has 3 aromatic rings. The van der Waals surface area contributed by atoms with E-state index in [9.17, 15) is 0 Å². The van der Waals surface area contributed by atoms with Gasteiger partial charge in [-0.3, -0.25) is 4.90 Å². The minimum atomic E-state index is 0.721. The molecule has 0 amide bonds. The van der Waals surface area contributed by atoms with Gasteiger partial charge in [0.05, 0.1) is 19.8 Å². The van der Waals surface area contributed by atoms with Crippen LogP contribution >= 0.6 is 0 Å². The van der Waals surface area contributed by atoms with Gasteiger partial charge in [-0.05, 0) is 23.3 Å². The summed E-state index contributed by atoms with van der Waals surface area (Å²) < 4.78 is 11.4. The number of rotatable bonds is 7. The summed E-state index contributed by atoms with van der Waals surface area (Å²) in [5, 5.41) is 3.52. The van der Waals surface area contributed by atoms with Gasteiger partial charge in [-0.25, -0.2) is 0 Å². The van der Waals surface area contributed by atoms with Crippen LogP contribution in [0, 0.1) is 0 Å². The first-order chi connectivity index (χ1) is 13.4. The molecule has 1 fully saturated rings. The van der Waals surface area contributed by atoms with Gasteiger partial charge in [-0.15, -0.1) is 0 Å². The van der Waals surface area contributed by atoms with Crippen LogP contribution < -0.4 is 5.32 Å². The van der Waals surface area contributed by atoms with Gasteiger partial charge < -0.3 is 14.5 Å². The molecule has 1 aromatic heterocycles. The number of hydrogen-bond donors (Lipinski definition) is 1. The number of nitrogens with zero attached hydrogens (tertiary/aromatic N) is 1. The fourth-order valence-electron chi connectivity index (χ4n) is 3.44. The first-order valence-electron chi connectivity index (χ1n) is 9.60. The molecular formula is C23H26N2O2. The lowest BCUT2D eigenvalue weighted by molar-refractivity contribution is 0.0340. The summed E-state index contributed by atoms with van der Waals surface area (Å²) in [7, 11) is 0. The minimum Gasteiger partial charge on any atom is -0.460 e. The van der Waals surface area contributed by atoms with E-state index in [4.69, 9.17) is 9.15 Å². The van der Waals surface area contributed by atoms with E-state index >= 15 is 0 Å². The number of hydrogen-bond acceptors (Lipinski definition) is 4. The molecule has 0 saturated carbocycles. The molecule has 4 nitrogen and oxygen atoms in total. The molecule has 2 heterocycles. The van der Waals surface area contributed by atoms with Gasteiger partial charge in [0.1, 0.15) is 11.5 Å². The van der Waals surface area contributed by atoms with Crippen molar-refractivity contribution in [2.45, 2.75) is 19.6 Å². The van der Waals surface area contributed by atoms with Crippen molar-refractivity contribution in [1.29, 1.82) is 0 Å². The molecule has 0 radical (unpaired) electrons. The molecule has 1 saturated heterocycles. The number of morpholine rings is 1. The summed E-state index contributed by atoms with van der Waals surface area (Å²) in [6.45, 7) is 6.24. The lowest BCUT2D eigenvalue weighted by Crippen LogP contribution is -2.36. The van der Waals surface area contributed by atoms with E-state index in [1.54, 1.807) is 0 Å². The second-order valence-electron chi connectivity index (χ2n) is 6.89. The summed E-state index contributed by atoms with van der Waals surface area (Å²) in [5.74, 6) is 1.87. The molecule has 1 aliphatic rings. The van der Waals surface area contributed by atoms with Gasteiger partial charge in [0.15, 0.2) is 0 Å². The molecule has 27 heavy (non-hydrogen) atoms. The number of furan rings is 1. The van der Waals surface area contributed by atoms with E-state index in [1.165, 1.54) is 11.1 Å². The monoisotopic (exact) mass is 362 g/mol. The van der Waals surface area contributed by atoms with Crippen LogP contribution in [0.2, 0.25) is 0 Å². The third-order valence-electron chi connectivity index (χ3n) is 4.95. The Labute approximate surface area is 160 Å². The molecule has 4 heteroatoms. The van der Waals surface area contributed by atoms with E-state index in [-0.39, 0.29) is 0 Å². The van der Waals surface area contributed by atoms with Gasteiger partial charge in [0.2, 0.25) is 0 Å². The lowest BCUT2D eigenvalue weighted by atomic mass is 10.1. The van der Waals surface area contributed by atoms with Crippen molar-refractivity contribution in [2.75, 3.05) is 26.3 Å². The van der Waals surface area contributed by atoms with Gasteiger partial charge in [-0.2, -0.15) is 0 Å². The number of ether oxygens (including phenoxy) is 1. The molecule has 0 spiro atoms. The van der Waals surface area contributed by atoms with Crippen molar-refractivity contribution < 1.29 is 9.15 Å². The Morgan fingerprint density at radius 1 is 0.778 bits per heavy atom. The topological polar surface area (TPSA) is 37.6 Å². The molecule has 0 atom stereocenters. The van der Waals surface area contributed by atoms with E-state index in [0.717, 1.165) is 63.0 Å². The fourth-order valence-corrected chi connectivity index (χ4v) is 3.44. The summed E-state index contributed by atoms with van der Waals surface area (Å²) in [6, 6.07) is 23.0. The summed E-state index contributed by atoms with van der Waals surface area (Å²) >= 11 is 0. The summed E-state index contributed by atoms with van der Waals surface area (Å²) in [6.07, 6.45) is 0. The number of benzene rings is 2. The Balaban J connectivity index is 1.33. The third-order valence-corrected chi connectivity index (χ3v) is 4.95. The molecule has 1 aliphatic heterocycles. The van der Waals surface area contributed by atoms with E-state index in [1.807, 2.05) is 24.3 Å². The molecule has 4 rings (SSSR count). The first-order valence-corrected chi connectivity index (χ1v) is 9.60. The average Bonchev–Trinajstić information content (AvgIpc) is 3.20. The van der Waals surface area contributed by atoms with Gasteiger partial charge in [0, 0.05) is 31.7 Å². The van der Waals surface area contributed by atoms with E-state index < -0.39 is 0 Å². The highest BCUT2D eigenvalue weighted by molar-refractivity contribution is 5.57. The molecule has 1 N–H and O–H groups in total. The smallest absolute Gasteiger partial charge is 0.134 e. The van der Waals surface area contributed by atoms with Crippen molar-refractivity contribution in [3.63, 3.8) is 0 Å². The van der Waals surface area contributed by atoms with Crippen LogP contribution in [-0.2, 0) is 24.4 Å². The van der Waals surface area contributed by atoms with Crippen LogP contribution in [0.4, 0.5) is 0 Å². The normalized spacial score (nSPS) is 15.1. The zero-order valence-corrected chi connectivity index (χ0v) is 15.6. The fraction of sp³-hybridized carbons (Fsp3) is 0.304. The maximum absolute atomic E-state index is 5.97. The molecular weight excluding hydrogens is 336 g/mol. The Morgan fingerprint density at radius 3 is 2.33 bits per heavy atom. The summed E-state index contributed by atoms with van der Waals surface area (Å²) in [5.41, 5.74) is 3.84. The molecule has 0 bridgehead atoms. The van der Waals surface area contributed by atoms with E-state index in [0.29, 0.717) is 0 Å². The summed E-state index contributed by atoms with van der Waals surface area (Å²) in [4.78, 5) is 2.46. The highest BCUT2D eigenvalue weighted by Gasteiger charge is 2.12. The SMILES string of the molecule is c1ccc(-c2ccc(CNCc3ccccc3CN3CCOCC3)o2)cc1. The third kappa shape index (κ3) is 4.86. The van der Waals surface area contributed by atoms with Crippen molar-refractivity contribution in [3.8, 4) is 11.3 Å². The minimum absolute atomic E-state index is 0.721. The van der Waals surface area contributed by atoms with Crippen LogP contribution in [-0.4, -0.2) is 31.2 Å². The Kier molecular flexibility index (Phi) is 5.99. The largest absolute Gasteiger partial charge is 0.460 e. The zero-order chi connectivity index (χ0) is 18.3. The lowest BCUT2D eigenvalue weighted by Gasteiger charge is -2.27. The molecule has 140 valence electrons. The second kappa shape index (κ2) is 9.00. The van der Waals surface area contributed by atoms with Crippen LogP contribution in [0.15, 0.2) is 71.1 Å². The second-order valence-corrected chi connectivity index (χ2v) is 6.89. The maximum atomic E-state index is 5.97. The highest BCUT2D eigenvalue weighted by Crippen LogP contribution is 2.21. The molecule has 0 aliphatic carbocycles. The Bertz CT molecular complexity index is 838. The van der Waals surface area contributed by atoms with Gasteiger partial charge >= 0.3 is 0 Å². The molecule has 0 unspecified atom stereocenters. The quantitative estimate of drug-likeness (QED) is 0.688. The molecule has 2 aromatic carbocycles. The predicted octanol–water partition coefficient (Wildman–Crippen LogP) is 4.07. The van der Waals surface area contributed by atoms with E-state index in [2.05, 4.69) is 52.7 Å². The maximum Gasteiger partial charge on any atom is 0.134 e. The predicted molar refractivity (Wildman–Crippen MR) is 107 cm³/mol. The van der Waals surface area contributed by atoms with Crippen molar-refractivity contribution >= 4 is 0 Å². The van der Waals surface area contributed by atoms with Crippen LogP contribution in [0.5, 0.6) is 0 Å². The van der Waals surface area contributed by atoms with Crippen LogP contribution in [0.25, 0.3) is 11.3 Å². The van der Waals surface area contributed by atoms with Crippen LogP contribution in [0.1, 0.15) is 16.9 Å². The average molecular weight is 362 g/mol. The van der Waals surface area contributed by atoms with Gasteiger partial charge in [-0.1, -0.05) is 54.6 Å². The zero-order valence-electron chi connectivity index (χ0n) is 15.6. The van der Waals surface area contributed by atoms with Gasteiger partial charge in [0.25, 0.3) is 0 Å². The number of nitrogens with one attached hydrogen (secondary N) is 1. The van der Waals surface area contributed by atoms with Crippen molar-refractivity contribution in [1.82, 2.24) is 10.2 Å². The van der Waals surface area contributed by atoms with Crippen LogP contribution in [0.3, 0.4) is 0 Å².